The lowest BCUT2D eigenvalue weighted by atomic mass is 10.0. The van der Waals surface area contributed by atoms with Crippen molar-refractivity contribution in [1.29, 1.82) is 0 Å². The summed E-state index contributed by atoms with van der Waals surface area (Å²) >= 11 is 0. The van der Waals surface area contributed by atoms with Crippen LogP contribution in [0, 0.1) is 6.92 Å². The minimum atomic E-state index is 0.135. The molecule has 0 aromatic carbocycles. The summed E-state index contributed by atoms with van der Waals surface area (Å²) in [6.45, 7) is 5.77. The Morgan fingerprint density at radius 3 is 2.88 bits per heavy atom. The summed E-state index contributed by atoms with van der Waals surface area (Å²) in [7, 11) is 0. The fourth-order valence-electron chi connectivity index (χ4n) is 1.78. The second kappa shape index (κ2) is 7.18. The summed E-state index contributed by atoms with van der Waals surface area (Å²) in [4.78, 5) is 4.17. The van der Waals surface area contributed by atoms with E-state index in [4.69, 9.17) is 5.73 Å². The summed E-state index contributed by atoms with van der Waals surface area (Å²) in [5, 5.41) is 0. The molecule has 2 nitrogen and oxygen atoms in total. The maximum absolute atomic E-state index is 6.12. The first-order valence-corrected chi connectivity index (χ1v) is 6.02. The zero-order chi connectivity index (χ0) is 11.8. The highest BCUT2D eigenvalue weighted by Crippen LogP contribution is 2.17. The fourth-order valence-corrected chi connectivity index (χ4v) is 1.78. The van der Waals surface area contributed by atoms with Crippen LogP contribution >= 0.6 is 0 Å². The molecule has 2 N–H and O–H groups in total. The van der Waals surface area contributed by atoms with E-state index in [9.17, 15) is 0 Å². The van der Waals surface area contributed by atoms with E-state index in [2.05, 4.69) is 17.6 Å². The van der Waals surface area contributed by atoms with E-state index in [1.807, 2.05) is 25.4 Å². The molecule has 0 spiro atoms. The van der Waals surface area contributed by atoms with Crippen LogP contribution in [0.1, 0.15) is 49.3 Å². The summed E-state index contributed by atoms with van der Waals surface area (Å²) < 4.78 is 0. The van der Waals surface area contributed by atoms with Gasteiger partial charge in [-0.1, -0.05) is 25.0 Å². The number of allylic oxidation sites excluding steroid dienone is 1. The van der Waals surface area contributed by atoms with Crippen LogP contribution in [-0.4, -0.2) is 4.98 Å². The first-order chi connectivity index (χ1) is 7.74. The number of nitrogens with zero attached hydrogens (tertiary/aromatic N) is 1. The third-order valence-corrected chi connectivity index (χ3v) is 2.75. The molecule has 0 saturated carbocycles. The summed E-state index contributed by atoms with van der Waals surface area (Å²) in [5.74, 6) is 0. The largest absolute Gasteiger partial charge is 0.324 e. The summed E-state index contributed by atoms with van der Waals surface area (Å²) in [6.07, 6.45) is 11.5. The van der Waals surface area contributed by atoms with Crippen LogP contribution in [0.3, 0.4) is 0 Å². The third kappa shape index (κ3) is 4.58. The van der Waals surface area contributed by atoms with E-state index in [1.165, 1.54) is 24.8 Å². The maximum Gasteiger partial charge on any atom is 0.0315 e. The number of nitrogens with two attached hydrogens (primary N) is 1. The van der Waals surface area contributed by atoms with Gasteiger partial charge in [-0.3, -0.25) is 4.98 Å². The van der Waals surface area contributed by atoms with E-state index in [-0.39, 0.29) is 6.04 Å². The van der Waals surface area contributed by atoms with Crippen molar-refractivity contribution in [2.75, 3.05) is 0 Å². The number of unbranched alkanes of at least 4 members (excludes halogenated alkanes) is 3. The van der Waals surface area contributed by atoms with E-state index in [1.54, 1.807) is 0 Å². The van der Waals surface area contributed by atoms with Crippen molar-refractivity contribution in [3.63, 3.8) is 0 Å². The Bertz CT molecular complexity index is 320. The molecule has 1 heterocycles. The van der Waals surface area contributed by atoms with Gasteiger partial charge in [-0.05, 0) is 37.3 Å². The normalized spacial score (nSPS) is 12.4. The second-order valence-electron chi connectivity index (χ2n) is 4.33. The van der Waals surface area contributed by atoms with Gasteiger partial charge in [0.25, 0.3) is 0 Å². The van der Waals surface area contributed by atoms with Gasteiger partial charge in [-0.25, -0.2) is 0 Å². The molecule has 1 unspecified atom stereocenters. The zero-order valence-electron chi connectivity index (χ0n) is 10.2. The predicted octanol–water partition coefficient (Wildman–Crippen LogP) is 3.53. The van der Waals surface area contributed by atoms with Crippen LogP contribution in [-0.2, 0) is 0 Å². The van der Waals surface area contributed by atoms with Crippen molar-refractivity contribution in [3.8, 4) is 0 Å². The number of hydrogen-bond donors (Lipinski definition) is 1. The highest BCUT2D eigenvalue weighted by molar-refractivity contribution is 5.19. The molecule has 1 rings (SSSR count). The predicted molar refractivity (Wildman–Crippen MR) is 69.2 cm³/mol. The van der Waals surface area contributed by atoms with Crippen LogP contribution < -0.4 is 5.73 Å². The molecule has 0 bridgehead atoms. The lowest BCUT2D eigenvalue weighted by molar-refractivity contribution is 0.571. The fraction of sp³-hybridized carbons (Fsp3) is 0.500. The minimum Gasteiger partial charge on any atom is -0.324 e. The molecule has 0 aliphatic carbocycles. The molecule has 0 saturated heterocycles. The summed E-state index contributed by atoms with van der Waals surface area (Å²) in [5.41, 5.74) is 8.45. The molecular weight excluding hydrogens is 196 g/mol. The molecule has 1 aromatic rings. The lowest BCUT2D eigenvalue weighted by Gasteiger charge is -2.11. The highest BCUT2D eigenvalue weighted by atomic mass is 14.7. The number of hydrogen-bond acceptors (Lipinski definition) is 2. The van der Waals surface area contributed by atoms with Gasteiger partial charge in [0.05, 0.1) is 0 Å². The van der Waals surface area contributed by atoms with E-state index >= 15 is 0 Å². The standard InChI is InChI=1S/C14H22N2/c1-3-4-5-6-7-8-14(15)13-9-12(2)10-16-11-13/h3,9-11,14H,1,4-8,15H2,2H3. The van der Waals surface area contributed by atoms with Gasteiger partial charge in [0.15, 0.2) is 0 Å². The van der Waals surface area contributed by atoms with Crippen LogP contribution in [0.25, 0.3) is 0 Å². The van der Waals surface area contributed by atoms with Crippen molar-refractivity contribution < 1.29 is 0 Å². The Kier molecular flexibility index (Phi) is 5.79. The monoisotopic (exact) mass is 218 g/mol. The van der Waals surface area contributed by atoms with Crippen LogP contribution in [0.2, 0.25) is 0 Å². The zero-order valence-corrected chi connectivity index (χ0v) is 10.2. The van der Waals surface area contributed by atoms with Crippen LogP contribution in [0.4, 0.5) is 0 Å². The van der Waals surface area contributed by atoms with Crippen molar-refractivity contribution >= 4 is 0 Å². The van der Waals surface area contributed by atoms with Gasteiger partial charge in [-0.15, -0.1) is 6.58 Å². The molecule has 88 valence electrons. The lowest BCUT2D eigenvalue weighted by Crippen LogP contribution is -2.10. The molecule has 0 aliphatic heterocycles. The van der Waals surface area contributed by atoms with Gasteiger partial charge in [0.1, 0.15) is 0 Å². The van der Waals surface area contributed by atoms with Crippen molar-refractivity contribution in [2.24, 2.45) is 5.73 Å². The molecule has 0 amide bonds. The van der Waals surface area contributed by atoms with Gasteiger partial charge >= 0.3 is 0 Å². The second-order valence-corrected chi connectivity index (χ2v) is 4.33. The minimum absolute atomic E-state index is 0.135. The number of aromatic nitrogens is 1. The molecule has 16 heavy (non-hydrogen) atoms. The molecule has 0 aliphatic rings. The smallest absolute Gasteiger partial charge is 0.0315 e. The Morgan fingerprint density at radius 1 is 1.38 bits per heavy atom. The van der Waals surface area contributed by atoms with E-state index < -0.39 is 0 Å². The molecule has 0 fully saturated rings. The van der Waals surface area contributed by atoms with Crippen LogP contribution in [0.15, 0.2) is 31.1 Å². The van der Waals surface area contributed by atoms with Crippen LogP contribution in [0.5, 0.6) is 0 Å². The number of aryl methyl sites for hydroxylation is 1. The third-order valence-electron chi connectivity index (χ3n) is 2.75. The highest BCUT2D eigenvalue weighted by Gasteiger charge is 2.05. The van der Waals surface area contributed by atoms with Gasteiger partial charge in [0.2, 0.25) is 0 Å². The Hall–Kier alpha value is -1.15. The van der Waals surface area contributed by atoms with Crippen molar-refractivity contribution in [3.05, 3.63) is 42.2 Å². The van der Waals surface area contributed by atoms with Crippen molar-refractivity contribution in [1.82, 2.24) is 4.98 Å². The first-order valence-electron chi connectivity index (χ1n) is 6.02. The van der Waals surface area contributed by atoms with E-state index in [0.717, 1.165) is 18.4 Å². The first kappa shape index (κ1) is 12.9. The topological polar surface area (TPSA) is 38.9 Å². The average molecular weight is 218 g/mol. The van der Waals surface area contributed by atoms with Gasteiger partial charge in [-0.2, -0.15) is 0 Å². The van der Waals surface area contributed by atoms with Gasteiger partial charge < -0.3 is 5.73 Å². The Labute approximate surface area is 98.6 Å². The molecule has 1 aromatic heterocycles. The van der Waals surface area contributed by atoms with Crippen molar-refractivity contribution in [2.45, 2.75) is 45.1 Å². The Balaban J connectivity index is 2.29. The van der Waals surface area contributed by atoms with E-state index in [0.29, 0.717) is 0 Å². The molecule has 1 atom stereocenters. The maximum atomic E-state index is 6.12. The SMILES string of the molecule is C=CCCCCCC(N)c1cncc(C)c1. The molecule has 2 heteroatoms. The quantitative estimate of drug-likeness (QED) is 0.561. The number of rotatable bonds is 7. The molecular formula is C14H22N2. The van der Waals surface area contributed by atoms with Gasteiger partial charge in [0, 0.05) is 18.4 Å². The summed E-state index contributed by atoms with van der Waals surface area (Å²) in [6, 6.07) is 2.26. The average Bonchev–Trinajstić information content (AvgIpc) is 2.28. The molecule has 0 radical (unpaired) electrons. The number of pyridine rings is 1. The Morgan fingerprint density at radius 2 is 2.19 bits per heavy atom.